The zero-order valence-corrected chi connectivity index (χ0v) is 12.5. The maximum absolute atomic E-state index is 5.91. The molecular weight excluding hydrogens is 246 g/mol. The summed E-state index contributed by atoms with van der Waals surface area (Å²) in [5, 5.41) is 1.10. The lowest BCUT2D eigenvalue weighted by atomic mass is 9.89. The second kappa shape index (κ2) is 5.34. The van der Waals surface area contributed by atoms with Gasteiger partial charge < -0.3 is 15.4 Å². The molecule has 0 aromatic carbocycles. The van der Waals surface area contributed by atoms with Crippen molar-refractivity contribution in [1.82, 2.24) is 4.37 Å². The molecule has 2 N–H and O–H groups in total. The van der Waals surface area contributed by atoms with Gasteiger partial charge in [0.1, 0.15) is 0 Å². The van der Waals surface area contributed by atoms with Crippen molar-refractivity contribution in [3.8, 4) is 5.75 Å². The molecule has 18 heavy (non-hydrogen) atoms. The van der Waals surface area contributed by atoms with Crippen LogP contribution < -0.4 is 15.4 Å². The largest absolute Gasteiger partial charge is 0.484 e. The molecule has 1 aromatic rings. The fourth-order valence-electron chi connectivity index (χ4n) is 2.28. The van der Waals surface area contributed by atoms with Crippen molar-refractivity contribution >= 4 is 22.4 Å². The van der Waals surface area contributed by atoms with Crippen LogP contribution in [-0.2, 0) is 0 Å². The molecule has 0 radical (unpaired) electrons. The summed E-state index contributed by atoms with van der Waals surface area (Å²) >= 11 is 1.45. The van der Waals surface area contributed by atoms with E-state index in [1.807, 2.05) is 13.8 Å². The van der Waals surface area contributed by atoms with Crippen molar-refractivity contribution in [1.29, 1.82) is 0 Å². The Bertz CT molecular complexity index is 405. The Balaban J connectivity index is 2.18. The Kier molecular flexibility index (Phi) is 4.00. The topological polar surface area (TPSA) is 51.4 Å². The molecule has 1 saturated heterocycles. The van der Waals surface area contributed by atoms with Gasteiger partial charge in [-0.3, -0.25) is 0 Å². The van der Waals surface area contributed by atoms with Crippen LogP contribution in [0.2, 0.25) is 0 Å². The fraction of sp³-hybridized carbons (Fsp3) is 0.769. The van der Waals surface area contributed by atoms with Crippen molar-refractivity contribution in [2.45, 2.75) is 40.2 Å². The minimum atomic E-state index is 0.128. The first-order valence-corrected chi connectivity index (χ1v) is 7.43. The van der Waals surface area contributed by atoms with E-state index in [9.17, 15) is 0 Å². The molecule has 0 aliphatic carbocycles. The number of nitrogens with zero attached hydrogens (tertiary/aromatic N) is 2. The Hall–Kier alpha value is -0.970. The molecule has 2 heterocycles. The second-order valence-corrected chi connectivity index (χ2v) is 6.31. The van der Waals surface area contributed by atoms with E-state index in [0.717, 1.165) is 29.8 Å². The first-order valence-electron chi connectivity index (χ1n) is 6.65. The summed E-state index contributed by atoms with van der Waals surface area (Å²) in [4.78, 5) is 2.37. The highest BCUT2D eigenvalue weighted by Gasteiger charge is 2.27. The SMILES string of the molecule is CC(C)Oc1c(N)nsc1N1CCC(C)C(C)C1. The van der Waals surface area contributed by atoms with Gasteiger partial charge in [-0.1, -0.05) is 13.8 Å². The van der Waals surface area contributed by atoms with Gasteiger partial charge in [0.2, 0.25) is 0 Å². The van der Waals surface area contributed by atoms with E-state index in [1.165, 1.54) is 18.0 Å². The van der Waals surface area contributed by atoms with Crippen molar-refractivity contribution in [2.24, 2.45) is 11.8 Å². The molecule has 4 nitrogen and oxygen atoms in total. The first kappa shape index (κ1) is 13.5. The summed E-state index contributed by atoms with van der Waals surface area (Å²) in [6.45, 7) is 10.8. The highest BCUT2D eigenvalue weighted by atomic mass is 32.1. The summed E-state index contributed by atoms with van der Waals surface area (Å²) in [6.07, 6.45) is 1.35. The van der Waals surface area contributed by atoms with Crippen LogP contribution in [0.25, 0.3) is 0 Å². The number of anilines is 2. The number of aromatic nitrogens is 1. The lowest BCUT2D eigenvalue weighted by molar-refractivity contribution is 0.243. The zero-order valence-electron chi connectivity index (χ0n) is 11.6. The molecule has 1 fully saturated rings. The van der Waals surface area contributed by atoms with E-state index in [4.69, 9.17) is 10.5 Å². The quantitative estimate of drug-likeness (QED) is 0.916. The first-order chi connectivity index (χ1) is 8.49. The molecule has 2 rings (SSSR count). The van der Waals surface area contributed by atoms with Gasteiger partial charge >= 0.3 is 0 Å². The number of ether oxygens (including phenoxy) is 1. The minimum Gasteiger partial charge on any atom is -0.484 e. The monoisotopic (exact) mass is 269 g/mol. The normalized spacial score (nSPS) is 24.6. The highest BCUT2D eigenvalue weighted by Crippen LogP contribution is 2.41. The molecule has 0 spiro atoms. The molecule has 0 saturated carbocycles. The van der Waals surface area contributed by atoms with Gasteiger partial charge in [0.25, 0.3) is 0 Å². The number of rotatable bonds is 3. The van der Waals surface area contributed by atoms with Crippen LogP contribution in [0, 0.1) is 11.8 Å². The third-order valence-corrected chi connectivity index (χ3v) is 4.54. The van der Waals surface area contributed by atoms with E-state index in [0.29, 0.717) is 11.7 Å². The summed E-state index contributed by atoms with van der Waals surface area (Å²) < 4.78 is 10.1. The van der Waals surface area contributed by atoms with Crippen LogP contribution in [0.1, 0.15) is 34.1 Å². The van der Waals surface area contributed by atoms with Crippen LogP contribution in [0.5, 0.6) is 5.75 Å². The molecule has 1 aromatic heterocycles. The van der Waals surface area contributed by atoms with E-state index in [1.54, 1.807) is 0 Å². The number of nitrogens with two attached hydrogens (primary N) is 1. The summed E-state index contributed by atoms with van der Waals surface area (Å²) in [5.41, 5.74) is 5.91. The van der Waals surface area contributed by atoms with Gasteiger partial charge in [-0.25, -0.2) is 0 Å². The molecule has 102 valence electrons. The second-order valence-electron chi connectivity index (χ2n) is 5.56. The maximum Gasteiger partial charge on any atom is 0.198 e. The Morgan fingerprint density at radius 1 is 1.39 bits per heavy atom. The predicted molar refractivity (Wildman–Crippen MR) is 77.4 cm³/mol. The van der Waals surface area contributed by atoms with E-state index < -0.39 is 0 Å². The third kappa shape index (κ3) is 2.71. The number of hydrogen-bond acceptors (Lipinski definition) is 5. The van der Waals surface area contributed by atoms with Gasteiger partial charge in [-0.15, -0.1) is 0 Å². The van der Waals surface area contributed by atoms with Crippen molar-refractivity contribution < 1.29 is 4.74 Å². The Morgan fingerprint density at radius 2 is 2.11 bits per heavy atom. The van der Waals surface area contributed by atoms with Crippen LogP contribution in [0.15, 0.2) is 0 Å². The standard InChI is InChI=1S/C13H23N3OS/c1-8(2)17-11-12(14)15-18-13(11)16-6-5-9(3)10(4)7-16/h8-10H,5-7H2,1-4H3,(H2,14,15). The number of piperidine rings is 1. The van der Waals surface area contributed by atoms with Crippen LogP contribution in [0.3, 0.4) is 0 Å². The molecule has 2 unspecified atom stereocenters. The lowest BCUT2D eigenvalue weighted by Gasteiger charge is -2.36. The average Bonchev–Trinajstić information content (AvgIpc) is 2.64. The summed E-state index contributed by atoms with van der Waals surface area (Å²) in [6, 6.07) is 0. The van der Waals surface area contributed by atoms with E-state index in [2.05, 4.69) is 23.1 Å². The van der Waals surface area contributed by atoms with Gasteiger partial charge in [0.15, 0.2) is 16.6 Å². The van der Waals surface area contributed by atoms with Crippen LogP contribution in [0.4, 0.5) is 10.8 Å². The van der Waals surface area contributed by atoms with Crippen LogP contribution in [-0.4, -0.2) is 23.6 Å². The Morgan fingerprint density at radius 3 is 2.72 bits per heavy atom. The molecular formula is C13H23N3OS. The molecule has 0 amide bonds. The molecule has 0 bridgehead atoms. The minimum absolute atomic E-state index is 0.128. The van der Waals surface area contributed by atoms with Gasteiger partial charge in [-0.2, -0.15) is 4.37 Å². The Labute approximate surface area is 113 Å². The molecule has 1 aliphatic rings. The average molecular weight is 269 g/mol. The third-order valence-electron chi connectivity index (χ3n) is 3.63. The number of nitrogen functional groups attached to an aromatic ring is 1. The van der Waals surface area contributed by atoms with E-state index >= 15 is 0 Å². The number of hydrogen-bond donors (Lipinski definition) is 1. The van der Waals surface area contributed by atoms with Crippen LogP contribution >= 0.6 is 11.5 Å². The van der Waals surface area contributed by atoms with Crippen molar-refractivity contribution in [3.63, 3.8) is 0 Å². The van der Waals surface area contributed by atoms with Gasteiger partial charge in [0, 0.05) is 13.1 Å². The van der Waals surface area contributed by atoms with E-state index in [-0.39, 0.29) is 6.10 Å². The predicted octanol–water partition coefficient (Wildman–Crippen LogP) is 2.99. The summed E-state index contributed by atoms with van der Waals surface area (Å²) in [5.74, 6) is 2.79. The molecule has 1 aliphatic heterocycles. The lowest BCUT2D eigenvalue weighted by Crippen LogP contribution is -2.38. The van der Waals surface area contributed by atoms with Gasteiger partial charge in [-0.05, 0) is 43.6 Å². The molecule has 2 atom stereocenters. The smallest absolute Gasteiger partial charge is 0.198 e. The van der Waals surface area contributed by atoms with Gasteiger partial charge in [0.05, 0.1) is 6.10 Å². The molecule has 5 heteroatoms. The maximum atomic E-state index is 5.91. The fourth-order valence-corrected chi connectivity index (χ4v) is 3.06. The van der Waals surface area contributed by atoms with Crippen molar-refractivity contribution in [3.05, 3.63) is 0 Å². The highest BCUT2D eigenvalue weighted by molar-refractivity contribution is 7.11. The van der Waals surface area contributed by atoms with Crippen molar-refractivity contribution in [2.75, 3.05) is 23.7 Å². The zero-order chi connectivity index (χ0) is 13.3. The summed E-state index contributed by atoms with van der Waals surface area (Å²) in [7, 11) is 0.